The number of nitro benzene ring substituents is 1. The van der Waals surface area contributed by atoms with Crippen molar-refractivity contribution in [1.82, 2.24) is 0 Å². The van der Waals surface area contributed by atoms with Crippen LogP contribution in [0.4, 0.5) is 16.2 Å². The van der Waals surface area contributed by atoms with Gasteiger partial charge >= 0.3 is 12.1 Å². The first-order valence-electron chi connectivity index (χ1n) is 9.46. The first-order valence-corrected chi connectivity index (χ1v) is 9.46. The predicted molar refractivity (Wildman–Crippen MR) is 116 cm³/mol. The Morgan fingerprint density at radius 1 is 0.938 bits per heavy atom. The molecule has 0 spiro atoms. The van der Waals surface area contributed by atoms with E-state index >= 15 is 0 Å². The Hall–Kier alpha value is -4.40. The van der Waals surface area contributed by atoms with E-state index in [0.717, 1.165) is 5.56 Å². The Labute approximate surface area is 183 Å². The van der Waals surface area contributed by atoms with Crippen molar-refractivity contribution < 1.29 is 28.7 Å². The van der Waals surface area contributed by atoms with E-state index < -0.39 is 17.0 Å². The van der Waals surface area contributed by atoms with Crippen LogP contribution in [-0.2, 0) is 11.3 Å². The average molecular weight is 436 g/mol. The minimum Gasteiger partial charge on any atom is -0.497 e. The van der Waals surface area contributed by atoms with Gasteiger partial charge in [-0.15, -0.1) is 0 Å². The third-order valence-electron chi connectivity index (χ3n) is 4.55. The van der Waals surface area contributed by atoms with Gasteiger partial charge in [-0.3, -0.25) is 15.0 Å². The zero-order valence-electron chi connectivity index (χ0n) is 17.4. The number of benzene rings is 3. The number of methoxy groups -OCH3 is 2. The molecule has 0 heterocycles. The van der Waals surface area contributed by atoms with Crippen LogP contribution in [0.3, 0.4) is 0 Å². The second kappa shape index (κ2) is 10.1. The van der Waals surface area contributed by atoms with Crippen molar-refractivity contribution in [1.29, 1.82) is 0 Å². The van der Waals surface area contributed by atoms with Gasteiger partial charge in [-0.05, 0) is 42.0 Å². The smallest absolute Gasteiger partial charge is 0.420 e. The van der Waals surface area contributed by atoms with Crippen molar-refractivity contribution in [3.8, 4) is 11.5 Å². The molecule has 32 heavy (non-hydrogen) atoms. The number of carbonyl (C=O) groups is 2. The first kappa shape index (κ1) is 22.3. The van der Waals surface area contributed by atoms with E-state index in [-0.39, 0.29) is 18.0 Å². The average Bonchev–Trinajstić information content (AvgIpc) is 2.82. The molecule has 0 fully saturated rings. The van der Waals surface area contributed by atoms with Crippen LogP contribution in [0.1, 0.15) is 15.9 Å². The van der Waals surface area contributed by atoms with Crippen LogP contribution in [0.15, 0.2) is 72.8 Å². The molecule has 0 atom stereocenters. The van der Waals surface area contributed by atoms with E-state index in [9.17, 15) is 19.7 Å². The summed E-state index contributed by atoms with van der Waals surface area (Å²) < 4.78 is 15.4. The number of ether oxygens (including phenoxy) is 3. The van der Waals surface area contributed by atoms with Gasteiger partial charge < -0.3 is 14.2 Å². The summed E-state index contributed by atoms with van der Waals surface area (Å²) in [6.45, 7) is 0.139. The lowest BCUT2D eigenvalue weighted by Gasteiger charge is -2.23. The summed E-state index contributed by atoms with van der Waals surface area (Å²) in [5, 5.41) is 10.8. The third kappa shape index (κ3) is 5.39. The number of non-ortho nitro benzene ring substituents is 1. The second-order valence-electron chi connectivity index (χ2n) is 6.60. The van der Waals surface area contributed by atoms with Crippen LogP contribution >= 0.6 is 0 Å². The molecule has 0 unspecified atom stereocenters. The molecule has 3 aromatic carbocycles. The zero-order chi connectivity index (χ0) is 23.1. The lowest BCUT2D eigenvalue weighted by molar-refractivity contribution is -0.384. The molecule has 0 aliphatic carbocycles. The van der Waals surface area contributed by atoms with Crippen LogP contribution in [0.25, 0.3) is 0 Å². The lowest BCUT2D eigenvalue weighted by atomic mass is 10.1. The number of carbonyl (C=O) groups excluding carboxylic acids is 2. The van der Waals surface area contributed by atoms with Crippen molar-refractivity contribution in [2.24, 2.45) is 0 Å². The number of esters is 1. The van der Waals surface area contributed by atoms with Crippen molar-refractivity contribution in [3.63, 3.8) is 0 Å². The number of nitro groups is 1. The maximum Gasteiger partial charge on any atom is 0.420 e. The van der Waals surface area contributed by atoms with Crippen LogP contribution < -0.4 is 14.4 Å². The molecule has 0 aliphatic heterocycles. The van der Waals surface area contributed by atoms with Gasteiger partial charge in [0.1, 0.15) is 11.5 Å². The van der Waals surface area contributed by atoms with Gasteiger partial charge in [0.05, 0.1) is 36.9 Å². The first-order chi connectivity index (χ1) is 15.4. The topological polar surface area (TPSA) is 108 Å². The summed E-state index contributed by atoms with van der Waals surface area (Å²) in [5.41, 5.74) is 1.53. The Kier molecular flexibility index (Phi) is 7.02. The summed E-state index contributed by atoms with van der Waals surface area (Å²) >= 11 is 0. The molecule has 0 aromatic heterocycles. The molecule has 9 nitrogen and oxygen atoms in total. The highest BCUT2D eigenvalue weighted by Crippen LogP contribution is 2.25. The highest BCUT2D eigenvalue weighted by atomic mass is 16.6. The summed E-state index contributed by atoms with van der Waals surface area (Å²) in [5.74, 6) is 0.255. The molecule has 3 aromatic rings. The minimum atomic E-state index is -0.691. The molecule has 9 heteroatoms. The van der Waals surface area contributed by atoms with Crippen molar-refractivity contribution in [2.75, 3.05) is 19.1 Å². The summed E-state index contributed by atoms with van der Waals surface area (Å²) in [6.07, 6.45) is -0.691. The quantitative estimate of drug-likeness (QED) is 0.303. The molecule has 0 saturated carbocycles. The van der Waals surface area contributed by atoms with Crippen LogP contribution in [0, 0.1) is 10.1 Å². The fourth-order valence-electron chi connectivity index (χ4n) is 2.88. The van der Waals surface area contributed by atoms with Crippen LogP contribution in [-0.4, -0.2) is 31.2 Å². The maximum atomic E-state index is 13.0. The molecule has 3 rings (SSSR count). The Morgan fingerprint density at radius 2 is 1.62 bits per heavy atom. The number of anilines is 1. The van der Waals surface area contributed by atoms with Crippen LogP contribution in [0.5, 0.6) is 11.5 Å². The summed E-state index contributed by atoms with van der Waals surface area (Å²) in [4.78, 5) is 36.3. The molecule has 0 bridgehead atoms. The Bertz CT molecular complexity index is 1110. The maximum absolute atomic E-state index is 13.0. The lowest BCUT2D eigenvalue weighted by Crippen LogP contribution is -2.33. The largest absolute Gasteiger partial charge is 0.497 e. The van der Waals surface area contributed by atoms with Gasteiger partial charge in [0.15, 0.2) is 0 Å². The Balaban J connectivity index is 1.86. The predicted octanol–water partition coefficient (Wildman–Crippen LogP) is 4.60. The molecular formula is C23H20N2O7. The van der Waals surface area contributed by atoms with Crippen LogP contribution in [0.2, 0.25) is 0 Å². The van der Waals surface area contributed by atoms with Crippen molar-refractivity contribution in [3.05, 3.63) is 94.0 Å². The standard InChI is InChI=1S/C23H20N2O7/c1-30-21-5-3-4-19(14-21)24(15-16-6-8-17(9-7-16)22(26)31-2)23(27)32-20-12-10-18(11-13-20)25(28)29/h3-14H,15H2,1-2H3. The number of hydrogen-bond acceptors (Lipinski definition) is 7. The number of hydrogen-bond donors (Lipinski definition) is 0. The molecule has 0 radical (unpaired) electrons. The van der Waals surface area contributed by atoms with Crippen molar-refractivity contribution >= 4 is 23.4 Å². The number of nitrogens with zero attached hydrogens (tertiary/aromatic N) is 2. The highest BCUT2D eigenvalue weighted by Gasteiger charge is 2.20. The van der Waals surface area contributed by atoms with Gasteiger partial charge in [0.2, 0.25) is 0 Å². The van der Waals surface area contributed by atoms with E-state index in [1.165, 1.54) is 43.4 Å². The molecule has 1 amide bonds. The number of amides is 1. The molecule has 0 N–H and O–H groups in total. The highest BCUT2D eigenvalue weighted by molar-refractivity contribution is 5.90. The summed E-state index contributed by atoms with van der Waals surface area (Å²) in [6, 6.07) is 18.7. The van der Waals surface area contributed by atoms with Gasteiger partial charge in [0, 0.05) is 18.2 Å². The Morgan fingerprint density at radius 3 is 2.22 bits per heavy atom. The second-order valence-corrected chi connectivity index (χ2v) is 6.60. The molecule has 0 aliphatic rings. The fraction of sp³-hybridized carbons (Fsp3) is 0.130. The van der Waals surface area contributed by atoms with Gasteiger partial charge in [-0.2, -0.15) is 0 Å². The summed E-state index contributed by atoms with van der Waals surface area (Å²) in [7, 11) is 2.82. The fourth-order valence-corrected chi connectivity index (χ4v) is 2.88. The number of rotatable bonds is 7. The van der Waals surface area contributed by atoms with Gasteiger partial charge in [-0.25, -0.2) is 9.59 Å². The van der Waals surface area contributed by atoms with E-state index in [0.29, 0.717) is 17.0 Å². The van der Waals surface area contributed by atoms with Gasteiger partial charge in [-0.1, -0.05) is 18.2 Å². The van der Waals surface area contributed by atoms with Crippen molar-refractivity contribution in [2.45, 2.75) is 6.54 Å². The SMILES string of the molecule is COC(=O)c1ccc(CN(C(=O)Oc2ccc([N+](=O)[O-])cc2)c2cccc(OC)c2)cc1. The normalized spacial score (nSPS) is 10.2. The van der Waals surface area contributed by atoms with E-state index in [1.807, 2.05) is 0 Å². The molecular weight excluding hydrogens is 416 g/mol. The van der Waals surface area contributed by atoms with E-state index in [2.05, 4.69) is 0 Å². The minimum absolute atomic E-state index is 0.111. The third-order valence-corrected chi connectivity index (χ3v) is 4.55. The molecule has 164 valence electrons. The van der Waals surface area contributed by atoms with E-state index in [1.54, 1.807) is 48.5 Å². The van der Waals surface area contributed by atoms with E-state index in [4.69, 9.17) is 14.2 Å². The molecule has 0 saturated heterocycles. The monoisotopic (exact) mass is 436 g/mol. The van der Waals surface area contributed by atoms with Gasteiger partial charge in [0.25, 0.3) is 5.69 Å². The zero-order valence-corrected chi connectivity index (χ0v) is 17.4.